The van der Waals surface area contributed by atoms with E-state index in [1.54, 1.807) is 18.2 Å². The summed E-state index contributed by atoms with van der Waals surface area (Å²) in [6.07, 6.45) is -6.51. The third-order valence-electron chi connectivity index (χ3n) is 2.98. The van der Waals surface area contributed by atoms with Crippen molar-refractivity contribution in [3.05, 3.63) is 42.2 Å². The summed E-state index contributed by atoms with van der Waals surface area (Å²) in [5.41, 5.74) is 0.228. The Morgan fingerprint density at radius 3 is 2.45 bits per heavy atom. The van der Waals surface area contributed by atoms with Crippen molar-refractivity contribution in [2.45, 2.75) is 24.4 Å². The molecule has 0 spiro atoms. The molecule has 20 heavy (non-hydrogen) atoms. The molecule has 109 valence electrons. The van der Waals surface area contributed by atoms with Crippen LogP contribution < -0.4 is 0 Å². The fourth-order valence-corrected chi connectivity index (χ4v) is 1.86. The Bertz CT molecular complexity index is 449. The Labute approximate surface area is 115 Å². The quantitative estimate of drug-likeness (QED) is 0.536. The standard InChI is InChI=1S/C13H15O7/c14-6-8-9(15)10(16)11(13(18)19-8)20-12(17)7-4-2-1-3-5-7/h1-5,8-11,14-16,18H,6H2/t8-,9-,10+,11-/m1/s1. The van der Waals surface area contributed by atoms with Crippen molar-refractivity contribution in [2.75, 3.05) is 6.61 Å². The number of carbonyl (C=O) groups excluding carboxylic acids is 1. The van der Waals surface area contributed by atoms with Gasteiger partial charge in [0.05, 0.1) is 12.2 Å². The number of hydrogen-bond acceptors (Lipinski definition) is 7. The van der Waals surface area contributed by atoms with E-state index in [-0.39, 0.29) is 5.56 Å². The van der Waals surface area contributed by atoms with E-state index in [0.29, 0.717) is 0 Å². The van der Waals surface area contributed by atoms with E-state index >= 15 is 0 Å². The number of aliphatic hydroxyl groups excluding tert-OH is 4. The molecule has 0 amide bonds. The molecule has 7 nitrogen and oxygen atoms in total. The normalized spacial score (nSPS) is 31.0. The van der Waals surface area contributed by atoms with Crippen LogP contribution in [0.5, 0.6) is 0 Å². The lowest BCUT2D eigenvalue weighted by Gasteiger charge is -2.38. The van der Waals surface area contributed by atoms with Crippen LogP contribution >= 0.6 is 0 Å². The Morgan fingerprint density at radius 2 is 1.85 bits per heavy atom. The van der Waals surface area contributed by atoms with E-state index in [2.05, 4.69) is 0 Å². The lowest BCUT2D eigenvalue weighted by atomic mass is 9.99. The molecule has 4 N–H and O–H groups in total. The van der Waals surface area contributed by atoms with E-state index in [1.807, 2.05) is 0 Å². The average molecular weight is 283 g/mol. The van der Waals surface area contributed by atoms with E-state index in [0.717, 1.165) is 0 Å². The number of carbonyl (C=O) groups is 1. The molecule has 4 atom stereocenters. The van der Waals surface area contributed by atoms with Gasteiger partial charge in [-0.25, -0.2) is 4.79 Å². The van der Waals surface area contributed by atoms with Gasteiger partial charge in [0.15, 0.2) is 6.10 Å². The molecular weight excluding hydrogens is 268 g/mol. The van der Waals surface area contributed by atoms with Crippen LogP contribution in [0.4, 0.5) is 0 Å². The molecule has 1 aromatic rings. The van der Waals surface area contributed by atoms with Crippen molar-refractivity contribution in [1.29, 1.82) is 0 Å². The molecule has 1 fully saturated rings. The zero-order valence-electron chi connectivity index (χ0n) is 10.4. The number of benzene rings is 1. The van der Waals surface area contributed by atoms with Gasteiger partial charge in [0.25, 0.3) is 6.29 Å². The van der Waals surface area contributed by atoms with Crippen LogP contribution in [0.2, 0.25) is 0 Å². The van der Waals surface area contributed by atoms with Gasteiger partial charge in [-0.05, 0) is 12.1 Å². The molecule has 0 bridgehead atoms. The summed E-state index contributed by atoms with van der Waals surface area (Å²) < 4.78 is 9.73. The van der Waals surface area contributed by atoms with E-state index in [9.17, 15) is 20.1 Å². The molecule has 0 unspecified atom stereocenters. The van der Waals surface area contributed by atoms with Gasteiger partial charge in [-0.1, -0.05) is 18.2 Å². The summed E-state index contributed by atoms with van der Waals surface area (Å²) in [4.78, 5) is 11.8. The Balaban J connectivity index is 2.07. The number of rotatable bonds is 3. The topological polar surface area (TPSA) is 116 Å². The van der Waals surface area contributed by atoms with Gasteiger partial charge in [-0.2, -0.15) is 0 Å². The summed E-state index contributed by atoms with van der Waals surface area (Å²) in [6, 6.07) is 7.98. The summed E-state index contributed by atoms with van der Waals surface area (Å²) in [5, 5.41) is 38.0. The highest BCUT2D eigenvalue weighted by Crippen LogP contribution is 2.27. The zero-order valence-corrected chi connectivity index (χ0v) is 10.4. The van der Waals surface area contributed by atoms with Gasteiger partial charge in [0, 0.05) is 0 Å². The van der Waals surface area contributed by atoms with Gasteiger partial charge >= 0.3 is 5.97 Å². The van der Waals surface area contributed by atoms with Crippen LogP contribution in [-0.4, -0.2) is 57.4 Å². The maximum Gasteiger partial charge on any atom is 0.338 e. The zero-order chi connectivity index (χ0) is 14.7. The van der Waals surface area contributed by atoms with Gasteiger partial charge in [-0.3, -0.25) is 0 Å². The smallest absolute Gasteiger partial charge is 0.338 e. The first-order valence-corrected chi connectivity index (χ1v) is 6.00. The summed E-state index contributed by atoms with van der Waals surface area (Å²) >= 11 is 0. The molecule has 1 aromatic carbocycles. The van der Waals surface area contributed by atoms with Crippen LogP contribution in [-0.2, 0) is 9.47 Å². The first-order chi connectivity index (χ1) is 9.54. The van der Waals surface area contributed by atoms with E-state index < -0.39 is 43.3 Å². The summed E-state index contributed by atoms with van der Waals surface area (Å²) in [7, 11) is 0. The predicted octanol–water partition coefficient (Wildman–Crippen LogP) is -0.813. The van der Waals surface area contributed by atoms with Gasteiger partial charge < -0.3 is 29.9 Å². The van der Waals surface area contributed by atoms with Crippen molar-refractivity contribution >= 4 is 5.97 Å². The largest absolute Gasteiger partial charge is 0.450 e. The number of hydrogen-bond donors (Lipinski definition) is 4. The van der Waals surface area contributed by atoms with Crippen LogP contribution in [0.1, 0.15) is 10.4 Å². The Kier molecular flexibility index (Phi) is 4.69. The summed E-state index contributed by atoms with van der Waals surface area (Å²) in [6.45, 7) is -0.596. The maximum atomic E-state index is 11.8. The van der Waals surface area contributed by atoms with Crippen molar-refractivity contribution in [3.8, 4) is 0 Å². The molecule has 0 aromatic heterocycles. The van der Waals surface area contributed by atoms with Crippen LogP contribution in [0.25, 0.3) is 0 Å². The number of esters is 1. The monoisotopic (exact) mass is 283 g/mol. The fraction of sp³-hybridized carbons (Fsp3) is 0.385. The van der Waals surface area contributed by atoms with E-state index in [4.69, 9.17) is 14.6 Å². The minimum absolute atomic E-state index is 0.228. The van der Waals surface area contributed by atoms with Crippen molar-refractivity contribution in [1.82, 2.24) is 0 Å². The van der Waals surface area contributed by atoms with Crippen LogP contribution in [0, 0.1) is 6.29 Å². The highest BCUT2D eigenvalue weighted by molar-refractivity contribution is 5.89. The van der Waals surface area contributed by atoms with Gasteiger partial charge in [0.2, 0.25) is 0 Å². The fourth-order valence-electron chi connectivity index (χ4n) is 1.86. The van der Waals surface area contributed by atoms with Crippen LogP contribution in [0.3, 0.4) is 0 Å². The lowest BCUT2D eigenvalue weighted by molar-refractivity contribution is -0.230. The number of aliphatic hydroxyl groups is 4. The average Bonchev–Trinajstić information content (AvgIpc) is 2.48. The van der Waals surface area contributed by atoms with Gasteiger partial charge in [-0.15, -0.1) is 0 Å². The minimum Gasteiger partial charge on any atom is -0.450 e. The SMILES string of the molecule is O=C(O[C@H]1[C](O)O[C@H](CO)[C@@H](O)[C@@H]1O)c1ccccc1. The Morgan fingerprint density at radius 1 is 1.20 bits per heavy atom. The van der Waals surface area contributed by atoms with E-state index in [1.165, 1.54) is 12.1 Å². The molecular formula is C13H15O7. The van der Waals surface area contributed by atoms with Crippen molar-refractivity contribution < 1.29 is 34.7 Å². The van der Waals surface area contributed by atoms with Crippen molar-refractivity contribution in [2.24, 2.45) is 0 Å². The molecule has 1 saturated heterocycles. The Hall–Kier alpha value is -1.51. The molecule has 1 aliphatic rings. The lowest BCUT2D eigenvalue weighted by Crippen LogP contribution is -2.56. The van der Waals surface area contributed by atoms with Crippen molar-refractivity contribution in [3.63, 3.8) is 0 Å². The molecule has 1 aliphatic heterocycles. The predicted molar refractivity (Wildman–Crippen MR) is 64.8 cm³/mol. The van der Waals surface area contributed by atoms with Gasteiger partial charge in [0.1, 0.15) is 18.3 Å². The highest BCUT2D eigenvalue weighted by atomic mass is 16.7. The summed E-state index contributed by atoms with van der Waals surface area (Å²) in [5.74, 6) is -0.778. The first kappa shape index (κ1) is 14.9. The molecule has 7 heteroatoms. The van der Waals surface area contributed by atoms with Crippen LogP contribution in [0.15, 0.2) is 30.3 Å². The minimum atomic E-state index is -1.59. The highest BCUT2D eigenvalue weighted by Gasteiger charge is 2.47. The third-order valence-corrected chi connectivity index (χ3v) is 2.98. The second-order valence-corrected chi connectivity index (χ2v) is 4.35. The molecule has 2 rings (SSSR count). The first-order valence-electron chi connectivity index (χ1n) is 6.00. The third kappa shape index (κ3) is 2.97. The molecule has 1 heterocycles. The molecule has 0 aliphatic carbocycles. The second kappa shape index (κ2) is 6.29. The second-order valence-electron chi connectivity index (χ2n) is 4.35. The molecule has 0 saturated carbocycles. The maximum absolute atomic E-state index is 11.8. The molecule has 1 radical (unpaired) electrons. The number of ether oxygens (including phenoxy) is 2.